The summed E-state index contributed by atoms with van der Waals surface area (Å²) in [6.07, 6.45) is 3.93. The zero-order valence-electron chi connectivity index (χ0n) is 9.20. The average Bonchev–Trinajstić information content (AvgIpc) is 2.47. The molecule has 0 saturated carbocycles. The first-order valence-electron chi connectivity index (χ1n) is 4.93. The maximum absolute atomic E-state index is 4.22. The second-order valence-corrected chi connectivity index (χ2v) is 4.82. The minimum Gasteiger partial charge on any atom is -0.241 e. The third kappa shape index (κ3) is 1.41. The number of pyridine rings is 1. The number of nitrogens with zero attached hydrogens (tertiary/aromatic N) is 2. The van der Waals surface area contributed by atoms with Crippen molar-refractivity contribution in [3.63, 3.8) is 0 Å². The Balaban J connectivity index is 2.71. The molecular weight excluding hydrogens is 172 g/mol. The first kappa shape index (κ1) is 9.25. The van der Waals surface area contributed by atoms with Gasteiger partial charge in [-0.2, -0.15) is 5.10 Å². The third-order valence-electron chi connectivity index (χ3n) is 2.54. The highest BCUT2D eigenvalue weighted by Gasteiger charge is 2.16. The summed E-state index contributed by atoms with van der Waals surface area (Å²) in [6, 6.07) is 4.26. The Bertz CT molecular complexity index is 461. The van der Waals surface area contributed by atoms with Crippen molar-refractivity contribution in [3.05, 3.63) is 35.7 Å². The van der Waals surface area contributed by atoms with E-state index in [1.807, 2.05) is 16.8 Å². The van der Waals surface area contributed by atoms with Gasteiger partial charge in [0, 0.05) is 12.4 Å². The summed E-state index contributed by atoms with van der Waals surface area (Å²) in [5.41, 5.74) is 4.07. The molecule has 2 heterocycles. The van der Waals surface area contributed by atoms with Crippen LogP contribution in [0.2, 0.25) is 0 Å². The van der Waals surface area contributed by atoms with Gasteiger partial charge in [-0.25, -0.2) is 4.52 Å². The molecular formula is C12H16N2. The lowest BCUT2D eigenvalue weighted by molar-refractivity contribution is 0.585. The van der Waals surface area contributed by atoms with Crippen LogP contribution in [0.3, 0.4) is 0 Å². The van der Waals surface area contributed by atoms with Crippen molar-refractivity contribution in [1.29, 1.82) is 0 Å². The molecule has 2 heteroatoms. The molecule has 2 aromatic heterocycles. The summed E-state index contributed by atoms with van der Waals surface area (Å²) in [7, 11) is 0. The molecule has 0 unspecified atom stereocenters. The van der Waals surface area contributed by atoms with E-state index in [9.17, 15) is 0 Å². The van der Waals surface area contributed by atoms with Crippen LogP contribution >= 0.6 is 0 Å². The van der Waals surface area contributed by atoms with E-state index in [4.69, 9.17) is 0 Å². The first-order chi connectivity index (χ1) is 6.48. The molecule has 0 radical (unpaired) electrons. The molecule has 74 valence electrons. The molecule has 0 aliphatic heterocycles. The Kier molecular flexibility index (Phi) is 1.88. The van der Waals surface area contributed by atoms with E-state index in [-0.39, 0.29) is 5.41 Å². The first-order valence-corrected chi connectivity index (χ1v) is 4.93. The van der Waals surface area contributed by atoms with Gasteiger partial charge >= 0.3 is 0 Å². The molecule has 2 rings (SSSR count). The minimum absolute atomic E-state index is 0.204. The molecule has 0 aliphatic rings. The van der Waals surface area contributed by atoms with Crippen LogP contribution in [-0.4, -0.2) is 9.61 Å². The van der Waals surface area contributed by atoms with Gasteiger partial charge < -0.3 is 0 Å². The second-order valence-electron chi connectivity index (χ2n) is 4.82. The van der Waals surface area contributed by atoms with Gasteiger partial charge in [0.05, 0.1) is 5.52 Å². The Hall–Kier alpha value is -1.31. The van der Waals surface area contributed by atoms with Gasteiger partial charge in [-0.15, -0.1) is 0 Å². The van der Waals surface area contributed by atoms with Gasteiger partial charge in [-0.1, -0.05) is 20.8 Å². The highest BCUT2D eigenvalue weighted by Crippen LogP contribution is 2.26. The number of hydrogen-bond donors (Lipinski definition) is 0. The molecule has 0 saturated heterocycles. The van der Waals surface area contributed by atoms with E-state index in [0.717, 1.165) is 0 Å². The van der Waals surface area contributed by atoms with Crippen LogP contribution in [-0.2, 0) is 5.41 Å². The van der Waals surface area contributed by atoms with E-state index in [1.165, 1.54) is 16.6 Å². The number of fused-ring (bicyclic) bond motifs is 1. The SMILES string of the molecule is Cc1cn2nccc2cc1C(C)(C)C. The summed E-state index contributed by atoms with van der Waals surface area (Å²) < 4.78 is 1.92. The molecule has 0 aliphatic carbocycles. The van der Waals surface area contributed by atoms with Crippen molar-refractivity contribution in [3.8, 4) is 0 Å². The second kappa shape index (κ2) is 2.84. The van der Waals surface area contributed by atoms with Gasteiger partial charge in [0.15, 0.2) is 0 Å². The van der Waals surface area contributed by atoms with Crippen LogP contribution in [0.1, 0.15) is 31.9 Å². The zero-order valence-corrected chi connectivity index (χ0v) is 9.20. The molecule has 2 aromatic rings. The van der Waals surface area contributed by atoms with Crippen LogP contribution in [0.15, 0.2) is 24.5 Å². The van der Waals surface area contributed by atoms with Gasteiger partial charge in [0.1, 0.15) is 0 Å². The van der Waals surface area contributed by atoms with Crippen LogP contribution in [0.4, 0.5) is 0 Å². The predicted molar refractivity (Wildman–Crippen MR) is 58.6 cm³/mol. The number of aromatic nitrogens is 2. The fourth-order valence-corrected chi connectivity index (χ4v) is 1.87. The normalized spacial score (nSPS) is 12.3. The van der Waals surface area contributed by atoms with Crippen molar-refractivity contribution in [1.82, 2.24) is 9.61 Å². The topological polar surface area (TPSA) is 17.3 Å². The summed E-state index contributed by atoms with van der Waals surface area (Å²) in [4.78, 5) is 0. The Morgan fingerprint density at radius 1 is 1.29 bits per heavy atom. The summed E-state index contributed by atoms with van der Waals surface area (Å²) in [5, 5.41) is 4.22. The number of hydrogen-bond acceptors (Lipinski definition) is 1. The van der Waals surface area contributed by atoms with E-state index in [1.54, 1.807) is 0 Å². The Morgan fingerprint density at radius 3 is 2.64 bits per heavy atom. The standard InChI is InChI=1S/C12H16N2/c1-9-8-14-10(5-6-13-14)7-11(9)12(2,3)4/h5-8H,1-4H3. The van der Waals surface area contributed by atoms with Crippen LogP contribution in [0, 0.1) is 6.92 Å². The van der Waals surface area contributed by atoms with Crippen molar-refractivity contribution in [2.75, 3.05) is 0 Å². The van der Waals surface area contributed by atoms with Gasteiger partial charge in [0.25, 0.3) is 0 Å². The van der Waals surface area contributed by atoms with Gasteiger partial charge in [0.2, 0.25) is 0 Å². The Labute approximate surface area is 84.6 Å². The monoisotopic (exact) mass is 188 g/mol. The zero-order chi connectivity index (χ0) is 10.3. The van der Waals surface area contributed by atoms with E-state index in [0.29, 0.717) is 0 Å². The van der Waals surface area contributed by atoms with Crippen molar-refractivity contribution >= 4 is 5.52 Å². The lowest BCUT2D eigenvalue weighted by atomic mass is 9.85. The largest absolute Gasteiger partial charge is 0.241 e. The van der Waals surface area contributed by atoms with Crippen molar-refractivity contribution in [2.24, 2.45) is 0 Å². The summed E-state index contributed by atoms with van der Waals surface area (Å²) in [6.45, 7) is 8.86. The number of aryl methyl sites for hydroxylation is 1. The molecule has 14 heavy (non-hydrogen) atoms. The van der Waals surface area contributed by atoms with Crippen LogP contribution < -0.4 is 0 Å². The summed E-state index contributed by atoms with van der Waals surface area (Å²) in [5.74, 6) is 0. The molecule has 0 aromatic carbocycles. The maximum Gasteiger partial charge on any atom is 0.0664 e. The molecule has 0 fully saturated rings. The average molecular weight is 188 g/mol. The van der Waals surface area contributed by atoms with E-state index < -0.39 is 0 Å². The molecule has 0 atom stereocenters. The van der Waals surface area contributed by atoms with Gasteiger partial charge in [-0.05, 0) is 35.6 Å². The van der Waals surface area contributed by atoms with E-state index in [2.05, 4.69) is 45.1 Å². The highest BCUT2D eigenvalue weighted by molar-refractivity contribution is 5.51. The van der Waals surface area contributed by atoms with Crippen molar-refractivity contribution < 1.29 is 0 Å². The minimum atomic E-state index is 0.204. The number of rotatable bonds is 0. The molecule has 0 bridgehead atoms. The highest BCUT2D eigenvalue weighted by atomic mass is 15.2. The molecule has 0 amide bonds. The quantitative estimate of drug-likeness (QED) is 0.621. The molecule has 2 nitrogen and oxygen atoms in total. The smallest absolute Gasteiger partial charge is 0.0664 e. The summed E-state index contributed by atoms with van der Waals surface area (Å²) >= 11 is 0. The lowest BCUT2D eigenvalue weighted by Crippen LogP contribution is -2.13. The third-order valence-corrected chi connectivity index (χ3v) is 2.54. The fourth-order valence-electron chi connectivity index (χ4n) is 1.87. The van der Waals surface area contributed by atoms with E-state index >= 15 is 0 Å². The van der Waals surface area contributed by atoms with Gasteiger partial charge in [-0.3, -0.25) is 0 Å². The molecule has 0 spiro atoms. The van der Waals surface area contributed by atoms with Crippen LogP contribution in [0.25, 0.3) is 5.52 Å². The molecule has 0 N–H and O–H groups in total. The maximum atomic E-state index is 4.22. The fraction of sp³-hybridized carbons (Fsp3) is 0.417. The van der Waals surface area contributed by atoms with Crippen molar-refractivity contribution in [2.45, 2.75) is 33.1 Å². The van der Waals surface area contributed by atoms with Crippen LogP contribution in [0.5, 0.6) is 0 Å². The predicted octanol–water partition coefficient (Wildman–Crippen LogP) is 2.94. The Morgan fingerprint density at radius 2 is 2.00 bits per heavy atom. The lowest BCUT2D eigenvalue weighted by Gasteiger charge is -2.21.